The van der Waals surface area contributed by atoms with Gasteiger partial charge in [-0.3, -0.25) is 4.90 Å². The summed E-state index contributed by atoms with van der Waals surface area (Å²) in [6.07, 6.45) is 8.29. The van der Waals surface area contributed by atoms with Crippen molar-refractivity contribution < 1.29 is 4.74 Å². The van der Waals surface area contributed by atoms with E-state index in [1.807, 2.05) is 7.11 Å². The third-order valence-electron chi connectivity index (χ3n) is 5.68. The lowest BCUT2D eigenvalue weighted by Crippen LogP contribution is -2.56. The maximum Gasteiger partial charge on any atom is 0.0589 e. The van der Waals surface area contributed by atoms with Crippen molar-refractivity contribution in [2.45, 2.75) is 70.5 Å². The van der Waals surface area contributed by atoms with E-state index in [4.69, 9.17) is 4.74 Å². The highest BCUT2D eigenvalue weighted by molar-refractivity contribution is 4.95. The van der Waals surface area contributed by atoms with Crippen molar-refractivity contribution in [3.63, 3.8) is 0 Å². The topological polar surface area (TPSA) is 24.5 Å². The molecule has 0 aliphatic heterocycles. The lowest BCUT2D eigenvalue weighted by molar-refractivity contribution is 0.0359. The second kappa shape index (κ2) is 7.77. The monoisotopic (exact) mass is 282 g/mol. The smallest absolute Gasteiger partial charge is 0.0589 e. The molecular formula is C17H34N2O. The lowest BCUT2D eigenvalue weighted by Gasteiger charge is -2.45. The van der Waals surface area contributed by atoms with Gasteiger partial charge in [-0.25, -0.2) is 0 Å². The third-order valence-corrected chi connectivity index (χ3v) is 5.68. The Morgan fingerprint density at radius 1 is 1.25 bits per heavy atom. The summed E-state index contributed by atoms with van der Waals surface area (Å²) in [6, 6.07) is 2.09. The number of rotatable bonds is 8. The van der Waals surface area contributed by atoms with Crippen LogP contribution in [0.1, 0.15) is 52.4 Å². The van der Waals surface area contributed by atoms with Crippen LogP contribution < -0.4 is 5.32 Å². The normalized spacial score (nSPS) is 32.5. The predicted octanol–water partition coefficient (Wildman–Crippen LogP) is 2.90. The average molecular weight is 282 g/mol. The minimum atomic E-state index is 0.663. The third kappa shape index (κ3) is 3.96. The highest BCUT2D eigenvalue weighted by atomic mass is 16.5. The van der Waals surface area contributed by atoms with Crippen molar-refractivity contribution in [2.75, 3.05) is 27.3 Å². The van der Waals surface area contributed by atoms with E-state index in [-0.39, 0.29) is 0 Å². The summed E-state index contributed by atoms with van der Waals surface area (Å²) in [7, 11) is 3.96. The van der Waals surface area contributed by atoms with E-state index in [1.165, 1.54) is 38.5 Å². The van der Waals surface area contributed by atoms with Crippen LogP contribution in [0.25, 0.3) is 0 Å². The van der Waals surface area contributed by atoms with E-state index in [0.717, 1.165) is 31.0 Å². The quantitative estimate of drug-likeness (QED) is 0.741. The fourth-order valence-electron chi connectivity index (χ4n) is 4.02. The van der Waals surface area contributed by atoms with Crippen molar-refractivity contribution in [1.29, 1.82) is 0 Å². The summed E-state index contributed by atoms with van der Waals surface area (Å²) in [5, 5.41) is 3.59. The number of hydrogen-bond donors (Lipinski definition) is 1. The summed E-state index contributed by atoms with van der Waals surface area (Å²) < 4.78 is 5.37. The molecule has 0 aromatic heterocycles. The van der Waals surface area contributed by atoms with Crippen LogP contribution in [0.5, 0.6) is 0 Å². The van der Waals surface area contributed by atoms with Gasteiger partial charge in [-0.1, -0.05) is 13.3 Å². The van der Waals surface area contributed by atoms with Crippen LogP contribution in [-0.2, 0) is 4.74 Å². The predicted molar refractivity (Wildman–Crippen MR) is 85.0 cm³/mol. The summed E-state index contributed by atoms with van der Waals surface area (Å²) in [6.45, 7) is 6.75. The molecule has 0 spiro atoms. The van der Waals surface area contributed by atoms with Crippen LogP contribution in [0.2, 0.25) is 0 Å². The van der Waals surface area contributed by atoms with E-state index in [2.05, 4.69) is 31.1 Å². The number of hydrogen-bond acceptors (Lipinski definition) is 3. The maximum absolute atomic E-state index is 5.37. The van der Waals surface area contributed by atoms with E-state index in [9.17, 15) is 0 Å². The van der Waals surface area contributed by atoms with Gasteiger partial charge >= 0.3 is 0 Å². The van der Waals surface area contributed by atoms with Gasteiger partial charge in [0.05, 0.1) is 6.61 Å². The number of likely N-dealkylation sites (N-methyl/N-ethyl adjacent to an activating group) is 1. The Morgan fingerprint density at radius 3 is 2.55 bits per heavy atom. The number of nitrogens with one attached hydrogen (secondary N) is 1. The van der Waals surface area contributed by atoms with E-state index >= 15 is 0 Å². The first-order valence-corrected chi connectivity index (χ1v) is 8.63. The number of nitrogens with zero attached hydrogens (tertiary/aromatic N) is 1. The van der Waals surface area contributed by atoms with Gasteiger partial charge in [0.2, 0.25) is 0 Å². The molecule has 0 bridgehead atoms. The fraction of sp³-hybridized carbons (Fsp3) is 1.00. The van der Waals surface area contributed by atoms with Crippen molar-refractivity contribution in [2.24, 2.45) is 11.8 Å². The minimum Gasteiger partial charge on any atom is -0.383 e. The van der Waals surface area contributed by atoms with Crippen molar-refractivity contribution in [3.05, 3.63) is 0 Å². The summed E-state index contributed by atoms with van der Waals surface area (Å²) in [4.78, 5) is 2.77. The van der Waals surface area contributed by atoms with Crippen molar-refractivity contribution in [1.82, 2.24) is 10.2 Å². The minimum absolute atomic E-state index is 0.663. The van der Waals surface area contributed by atoms with E-state index in [1.54, 1.807) is 0 Å². The molecule has 118 valence electrons. The summed E-state index contributed by atoms with van der Waals surface area (Å²) in [5.41, 5.74) is 0. The Morgan fingerprint density at radius 2 is 2.00 bits per heavy atom. The maximum atomic E-state index is 5.37. The molecule has 1 N–H and O–H groups in total. The van der Waals surface area contributed by atoms with Crippen LogP contribution >= 0.6 is 0 Å². The average Bonchev–Trinajstić information content (AvgIpc) is 3.31. The molecule has 4 atom stereocenters. The van der Waals surface area contributed by atoms with Gasteiger partial charge in [-0.2, -0.15) is 0 Å². The Kier molecular flexibility index (Phi) is 6.31. The molecule has 3 nitrogen and oxygen atoms in total. The van der Waals surface area contributed by atoms with Gasteiger partial charge in [0.1, 0.15) is 0 Å². The highest BCUT2D eigenvalue weighted by Gasteiger charge is 2.39. The first-order valence-electron chi connectivity index (χ1n) is 8.63. The molecule has 20 heavy (non-hydrogen) atoms. The lowest BCUT2D eigenvalue weighted by atomic mass is 9.79. The number of ether oxygens (including phenoxy) is 1. The fourth-order valence-corrected chi connectivity index (χ4v) is 4.02. The summed E-state index contributed by atoms with van der Waals surface area (Å²) in [5.74, 6) is 1.85. The van der Waals surface area contributed by atoms with E-state index in [0.29, 0.717) is 12.1 Å². The molecule has 2 rings (SSSR count). The van der Waals surface area contributed by atoms with Gasteiger partial charge in [0.15, 0.2) is 0 Å². The molecule has 4 unspecified atom stereocenters. The van der Waals surface area contributed by atoms with Crippen LogP contribution in [0.4, 0.5) is 0 Å². The van der Waals surface area contributed by atoms with Crippen molar-refractivity contribution in [3.8, 4) is 0 Å². The highest BCUT2D eigenvalue weighted by Crippen LogP contribution is 2.38. The van der Waals surface area contributed by atoms with Gasteiger partial charge in [0, 0.05) is 31.8 Å². The SMILES string of the molecule is CCC1CCC(NC)C(N(CCOC)C(C)C2CC2)C1. The first kappa shape index (κ1) is 16.3. The Balaban J connectivity index is 2.05. The van der Waals surface area contributed by atoms with Crippen LogP contribution in [-0.4, -0.2) is 50.3 Å². The summed E-state index contributed by atoms with van der Waals surface area (Å²) >= 11 is 0. The van der Waals surface area contributed by atoms with Crippen LogP contribution in [0.15, 0.2) is 0 Å². The second-order valence-corrected chi connectivity index (χ2v) is 6.86. The Hall–Kier alpha value is -0.120. The van der Waals surface area contributed by atoms with Gasteiger partial charge < -0.3 is 10.1 Å². The molecule has 2 aliphatic rings. The van der Waals surface area contributed by atoms with Crippen LogP contribution in [0.3, 0.4) is 0 Å². The molecule has 3 heteroatoms. The zero-order valence-electron chi connectivity index (χ0n) is 13.9. The standard InChI is InChI=1S/C17H34N2O/c1-5-14-6-9-16(18-3)17(12-14)19(10-11-20-4)13(2)15-7-8-15/h13-18H,5-12H2,1-4H3. The van der Waals surface area contributed by atoms with Gasteiger partial charge in [-0.05, 0) is 57.9 Å². The number of methoxy groups -OCH3 is 1. The molecular weight excluding hydrogens is 248 g/mol. The molecule has 0 radical (unpaired) electrons. The first-order chi connectivity index (χ1) is 9.71. The Bertz CT molecular complexity index is 278. The molecule has 0 amide bonds. The molecule has 0 aromatic carbocycles. The largest absolute Gasteiger partial charge is 0.383 e. The zero-order chi connectivity index (χ0) is 14.5. The molecule has 0 aromatic rings. The molecule has 2 saturated carbocycles. The van der Waals surface area contributed by atoms with E-state index < -0.39 is 0 Å². The zero-order valence-corrected chi connectivity index (χ0v) is 13.9. The molecule has 2 fully saturated rings. The molecule has 0 saturated heterocycles. The molecule has 0 heterocycles. The van der Waals surface area contributed by atoms with Crippen LogP contribution in [0, 0.1) is 11.8 Å². The van der Waals surface area contributed by atoms with Gasteiger partial charge in [0.25, 0.3) is 0 Å². The molecule has 2 aliphatic carbocycles. The Labute approximate surface area is 125 Å². The van der Waals surface area contributed by atoms with Crippen molar-refractivity contribution >= 4 is 0 Å². The second-order valence-electron chi connectivity index (χ2n) is 6.86. The van der Waals surface area contributed by atoms with Gasteiger partial charge in [-0.15, -0.1) is 0 Å².